The summed E-state index contributed by atoms with van der Waals surface area (Å²) in [7, 11) is 0. The molecule has 2 aromatic heterocycles. The molecule has 10 nitrogen and oxygen atoms in total. The van der Waals surface area contributed by atoms with Gasteiger partial charge in [0.1, 0.15) is 6.54 Å². The SMILES string of the molecule is CC(C(=O)O)c1ccc(-c2ccc(Nc3ccc(CN=Nc4ncc(F)c(N5CCOCC5)n4)nc3)cc2)cc1. The molecule has 0 saturated carbocycles. The van der Waals surface area contributed by atoms with Gasteiger partial charge in [0.25, 0.3) is 5.95 Å². The number of hydrogen-bond acceptors (Lipinski definition) is 9. The Morgan fingerprint density at radius 2 is 1.68 bits per heavy atom. The summed E-state index contributed by atoms with van der Waals surface area (Å²) in [6, 6.07) is 19.3. The van der Waals surface area contributed by atoms with Gasteiger partial charge in [-0.15, -0.1) is 5.11 Å². The number of ether oxygens (including phenoxy) is 1. The zero-order valence-electron chi connectivity index (χ0n) is 21.9. The molecule has 0 radical (unpaired) electrons. The van der Waals surface area contributed by atoms with Gasteiger partial charge in [-0.1, -0.05) is 36.4 Å². The molecule has 1 fully saturated rings. The number of hydrogen-bond donors (Lipinski definition) is 2. The maximum Gasteiger partial charge on any atom is 0.310 e. The molecule has 1 saturated heterocycles. The van der Waals surface area contributed by atoms with Gasteiger partial charge in [0, 0.05) is 18.8 Å². The number of carboxylic acids is 1. The summed E-state index contributed by atoms with van der Waals surface area (Å²) in [5.41, 5.74) is 5.24. The number of nitrogens with one attached hydrogen (secondary N) is 1. The summed E-state index contributed by atoms with van der Waals surface area (Å²) in [6.45, 7) is 4.06. The van der Waals surface area contributed by atoms with Gasteiger partial charge in [0.15, 0.2) is 11.6 Å². The van der Waals surface area contributed by atoms with Crippen molar-refractivity contribution in [2.45, 2.75) is 19.4 Å². The second-order valence-electron chi connectivity index (χ2n) is 9.26. The fourth-order valence-corrected chi connectivity index (χ4v) is 4.18. The van der Waals surface area contributed by atoms with Crippen LogP contribution in [0.15, 0.2) is 83.3 Å². The lowest BCUT2D eigenvalue weighted by atomic mass is 9.97. The monoisotopic (exact) mass is 541 g/mol. The topological polar surface area (TPSA) is 125 Å². The Morgan fingerprint density at radius 3 is 2.33 bits per heavy atom. The summed E-state index contributed by atoms with van der Waals surface area (Å²) in [4.78, 5) is 25.5. The average molecular weight is 542 g/mol. The standard InChI is InChI=1S/C29H28FN7O3/c1-19(28(38)39)20-2-4-21(5-3-20)22-6-8-23(9-7-22)34-25-11-10-24(31-16-25)17-33-36-29-32-18-26(30)27(35-29)37-12-14-40-15-13-37/h2-11,16,18-19,34H,12-15,17H2,1H3,(H,38,39). The largest absolute Gasteiger partial charge is 0.481 e. The lowest BCUT2D eigenvalue weighted by Crippen LogP contribution is -2.37. The van der Waals surface area contributed by atoms with Crippen LogP contribution in [0.1, 0.15) is 24.1 Å². The molecule has 0 spiro atoms. The number of azo groups is 1. The lowest BCUT2D eigenvalue weighted by Gasteiger charge is -2.27. The van der Waals surface area contributed by atoms with Gasteiger partial charge < -0.3 is 20.1 Å². The molecule has 2 aromatic carbocycles. The first-order valence-electron chi connectivity index (χ1n) is 12.8. The highest BCUT2D eigenvalue weighted by molar-refractivity contribution is 5.76. The number of carbonyl (C=O) groups is 1. The molecule has 4 aromatic rings. The van der Waals surface area contributed by atoms with Crippen molar-refractivity contribution in [1.82, 2.24) is 15.0 Å². The van der Waals surface area contributed by atoms with Crippen LogP contribution in [-0.4, -0.2) is 52.3 Å². The number of carboxylic acid groups (broad SMARTS) is 1. The Hall–Kier alpha value is -4.77. The van der Waals surface area contributed by atoms with E-state index in [1.165, 1.54) is 0 Å². The van der Waals surface area contributed by atoms with E-state index < -0.39 is 17.7 Å². The molecule has 0 amide bonds. The van der Waals surface area contributed by atoms with Gasteiger partial charge in [-0.3, -0.25) is 9.78 Å². The first-order chi connectivity index (χ1) is 19.5. The number of nitrogens with zero attached hydrogens (tertiary/aromatic N) is 6. The quantitative estimate of drug-likeness (QED) is 0.257. The molecule has 2 N–H and O–H groups in total. The van der Waals surface area contributed by atoms with Gasteiger partial charge in [0.05, 0.1) is 42.9 Å². The number of morpholine rings is 1. The van der Waals surface area contributed by atoms with Crippen LogP contribution in [0.2, 0.25) is 0 Å². The van der Waals surface area contributed by atoms with E-state index in [0.717, 1.165) is 34.3 Å². The highest BCUT2D eigenvalue weighted by Gasteiger charge is 2.18. The van der Waals surface area contributed by atoms with Crippen LogP contribution in [0.5, 0.6) is 0 Å². The minimum Gasteiger partial charge on any atom is -0.481 e. The van der Waals surface area contributed by atoms with Crippen LogP contribution in [0.3, 0.4) is 0 Å². The van der Waals surface area contributed by atoms with Crippen molar-refractivity contribution in [3.05, 3.63) is 90.1 Å². The minimum absolute atomic E-state index is 0.0930. The molecule has 3 heterocycles. The molecule has 40 heavy (non-hydrogen) atoms. The van der Waals surface area contributed by atoms with E-state index in [9.17, 15) is 14.3 Å². The molecule has 204 valence electrons. The Balaban J connectivity index is 1.16. The summed E-state index contributed by atoms with van der Waals surface area (Å²) in [5, 5.41) is 20.7. The second kappa shape index (κ2) is 12.4. The number of aromatic nitrogens is 3. The smallest absolute Gasteiger partial charge is 0.310 e. The lowest BCUT2D eigenvalue weighted by molar-refractivity contribution is -0.138. The van der Waals surface area contributed by atoms with Crippen LogP contribution in [0.4, 0.5) is 27.5 Å². The predicted octanol–water partition coefficient (Wildman–Crippen LogP) is 5.73. The van der Waals surface area contributed by atoms with Gasteiger partial charge in [-0.05, 0) is 47.9 Å². The van der Waals surface area contributed by atoms with Gasteiger partial charge in [-0.25, -0.2) is 9.37 Å². The first-order valence-corrected chi connectivity index (χ1v) is 12.8. The normalized spacial score (nSPS) is 14.3. The van der Waals surface area contributed by atoms with Crippen LogP contribution in [0.25, 0.3) is 11.1 Å². The zero-order chi connectivity index (χ0) is 27.9. The van der Waals surface area contributed by atoms with Gasteiger partial charge >= 0.3 is 5.97 Å². The molecule has 1 atom stereocenters. The van der Waals surface area contributed by atoms with Crippen molar-refractivity contribution in [2.75, 3.05) is 36.5 Å². The summed E-state index contributed by atoms with van der Waals surface area (Å²) in [5.74, 6) is -1.58. The van der Waals surface area contributed by atoms with Gasteiger partial charge in [0.2, 0.25) is 0 Å². The molecular formula is C29H28FN7O3. The molecule has 0 aliphatic carbocycles. The molecule has 11 heteroatoms. The Kier molecular flexibility index (Phi) is 8.31. The highest BCUT2D eigenvalue weighted by Crippen LogP contribution is 2.26. The average Bonchev–Trinajstić information content (AvgIpc) is 2.99. The fraction of sp³-hybridized carbons (Fsp3) is 0.241. The number of anilines is 3. The van der Waals surface area contributed by atoms with Crippen LogP contribution in [-0.2, 0) is 16.1 Å². The van der Waals surface area contributed by atoms with E-state index in [2.05, 4.69) is 30.5 Å². The maximum atomic E-state index is 14.2. The van der Waals surface area contributed by atoms with Crippen molar-refractivity contribution in [3.63, 3.8) is 0 Å². The number of benzene rings is 2. The molecule has 1 aliphatic rings. The molecule has 1 aliphatic heterocycles. The van der Waals surface area contributed by atoms with E-state index >= 15 is 0 Å². The van der Waals surface area contributed by atoms with Crippen LogP contribution in [0, 0.1) is 5.82 Å². The van der Waals surface area contributed by atoms with E-state index in [0.29, 0.717) is 32.0 Å². The van der Waals surface area contributed by atoms with E-state index in [1.807, 2.05) is 65.6 Å². The fourth-order valence-electron chi connectivity index (χ4n) is 4.18. The predicted molar refractivity (Wildman–Crippen MR) is 149 cm³/mol. The number of rotatable bonds is 9. The number of aliphatic carboxylic acids is 1. The summed E-state index contributed by atoms with van der Waals surface area (Å²) < 4.78 is 19.5. The van der Waals surface area contributed by atoms with Crippen molar-refractivity contribution in [3.8, 4) is 11.1 Å². The number of halogens is 1. The van der Waals surface area contributed by atoms with Crippen molar-refractivity contribution in [2.24, 2.45) is 10.2 Å². The summed E-state index contributed by atoms with van der Waals surface area (Å²) in [6.07, 6.45) is 2.82. The van der Waals surface area contributed by atoms with Gasteiger partial charge in [-0.2, -0.15) is 10.1 Å². The highest BCUT2D eigenvalue weighted by atomic mass is 19.1. The van der Waals surface area contributed by atoms with Crippen LogP contribution >= 0.6 is 0 Å². The first kappa shape index (κ1) is 26.8. The zero-order valence-corrected chi connectivity index (χ0v) is 21.9. The minimum atomic E-state index is -0.840. The van der Waals surface area contributed by atoms with E-state index in [1.54, 1.807) is 13.1 Å². The number of pyridine rings is 1. The van der Waals surface area contributed by atoms with Crippen molar-refractivity contribution < 1.29 is 19.0 Å². The Morgan fingerprint density at radius 1 is 1.00 bits per heavy atom. The van der Waals surface area contributed by atoms with Crippen LogP contribution < -0.4 is 10.2 Å². The molecule has 1 unspecified atom stereocenters. The molecule has 0 bridgehead atoms. The Bertz CT molecular complexity index is 1470. The second-order valence-corrected chi connectivity index (χ2v) is 9.26. The molecular weight excluding hydrogens is 513 g/mol. The van der Waals surface area contributed by atoms with E-state index in [-0.39, 0.29) is 18.3 Å². The summed E-state index contributed by atoms with van der Waals surface area (Å²) >= 11 is 0. The third-order valence-corrected chi connectivity index (χ3v) is 6.53. The molecule has 5 rings (SSSR count). The maximum absolute atomic E-state index is 14.2. The third-order valence-electron chi connectivity index (χ3n) is 6.53. The Labute approximate surface area is 230 Å². The van der Waals surface area contributed by atoms with Crippen molar-refractivity contribution >= 4 is 29.1 Å². The van der Waals surface area contributed by atoms with Crippen molar-refractivity contribution in [1.29, 1.82) is 0 Å². The third kappa shape index (κ3) is 6.62. The van der Waals surface area contributed by atoms with E-state index in [4.69, 9.17) is 4.74 Å².